The highest BCUT2D eigenvalue weighted by atomic mass is 16.6. The number of benzene rings is 3. The van der Waals surface area contributed by atoms with Crippen LogP contribution >= 0.6 is 0 Å². The van der Waals surface area contributed by atoms with Gasteiger partial charge in [0.2, 0.25) is 0 Å². The van der Waals surface area contributed by atoms with E-state index in [1.807, 2.05) is 0 Å². The van der Waals surface area contributed by atoms with Crippen LogP contribution in [0.1, 0.15) is 41.4 Å². The molecule has 32 heavy (non-hydrogen) atoms. The zero-order valence-corrected chi connectivity index (χ0v) is 16.1. The molecule has 0 aliphatic carbocycles. The molecule has 3 amide bonds. The Labute approximate surface area is 179 Å². The van der Waals surface area contributed by atoms with Crippen molar-refractivity contribution in [3.63, 3.8) is 0 Å². The lowest BCUT2D eigenvalue weighted by Gasteiger charge is -2.14. The number of hydrogen-bond donors (Lipinski definition) is 2. The normalized spacial score (nSPS) is 12.4. The van der Waals surface area contributed by atoms with Crippen molar-refractivity contribution in [1.29, 1.82) is 0 Å². The fraction of sp³-hybridized carbons (Fsp3) is 0. The molecule has 0 bridgehead atoms. The minimum absolute atomic E-state index is 0.0348. The second-order valence-electron chi connectivity index (χ2n) is 6.82. The van der Waals surface area contributed by atoms with Gasteiger partial charge in [0.25, 0.3) is 23.4 Å². The number of nitrogens with zero attached hydrogens (tertiary/aromatic N) is 2. The van der Waals surface area contributed by atoms with Gasteiger partial charge < -0.3 is 10.4 Å². The van der Waals surface area contributed by atoms with Gasteiger partial charge >= 0.3 is 5.97 Å². The summed E-state index contributed by atoms with van der Waals surface area (Å²) < 4.78 is 0. The Morgan fingerprint density at radius 2 is 1.56 bits per heavy atom. The first-order valence-corrected chi connectivity index (χ1v) is 9.18. The first-order chi connectivity index (χ1) is 15.3. The maximum Gasteiger partial charge on any atom is 0.335 e. The third-order valence-corrected chi connectivity index (χ3v) is 4.81. The molecule has 0 aromatic heterocycles. The third-order valence-electron chi connectivity index (χ3n) is 4.81. The van der Waals surface area contributed by atoms with Crippen LogP contribution in [0, 0.1) is 10.1 Å². The van der Waals surface area contributed by atoms with Gasteiger partial charge in [-0.3, -0.25) is 24.5 Å². The molecule has 0 fully saturated rings. The van der Waals surface area contributed by atoms with Crippen LogP contribution in [0.25, 0.3) is 0 Å². The number of imide groups is 1. The summed E-state index contributed by atoms with van der Waals surface area (Å²) in [6.07, 6.45) is 0. The lowest BCUT2D eigenvalue weighted by molar-refractivity contribution is -0.384. The maximum atomic E-state index is 12.9. The number of anilines is 2. The zero-order valence-electron chi connectivity index (χ0n) is 16.1. The van der Waals surface area contributed by atoms with E-state index >= 15 is 0 Å². The van der Waals surface area contributed by atoms with Crippen LogP contribution in [0.15, 0.2) is 66.7 Å². The molecule has 158 valence electrons. The number of aromatic carboxylic acids is 1. The highest BCUT2D eigenvalue weighted by Gasteiger charge is 2.37. The predicted octanol–water partition coefficient (Wildman–Crippen LogP) is 3.35. The topological polar surface area (TPSA) is 147 Å². The summed E-state index contributed by atoms with van der Waals surface area (Å²) >= 11 is 0. The number of amides is 3. The van der Waals surface area contributed by atoms with Crippen molar-refractivity contribution in [2.45, 2.75) is 0 Å². The highest BCUT2D eigenvalue weighted by molar-refractivity contribution is 6.34. The summed E-state index contributed by atoms with van der Waals surface area (Å²) in [5.74, 6) is -3.12. The molecule has 3 aromatic carbocycles. The number of carbonyl (C=O) groups is 4. The molecule has 1 heterocycles. The summed E-state index contributed by atoms with van der Waals surface area (Å²) in [7, 11) is 0. The fourth-order valence-electron chi connectivity index (χ4n) is 3.30. The number of rotatable bonds is 5. The van der Waals surface area contributed by atoms with Crippen molar-refractivity contribution in [3.8, 4) is 0 Å². The molecule has 0 saturated carbocycles. The van der Waals surface area contributed by atoms with Gasteiger partial charge in [-0.25, -0.2) is 9.69 Å². The molecule has 10 nitrogen and oxygen atoms in total. The molecule has 0 atom stereocenters. The van der Waals surface area contributed by atoms with Crippen LogP contribution in [-0.2, 0) is 0 Å². The van der Waals surface area contributed by atoms with Crippen LogP contribution in [0.3, 0.4) is 0 Å². The van der Waals surface area contributed by atoms with Gasteiger partial charge in [0.1, 0.15) is 0 Å². The van der Waals surface area contributed by atoms with Crippen molar-refractivity contribution in [2.75, 3.05) is 10.2 Å². The van der Waals surface area contributed by atoms with Gasteiger partial charge in [-0.15, -0.1) is 0 Å². The number of carboxylic acid groups (broad SMARTS) is 1. The predicted molar refractivity (Wildman–Crippen MR) is 112 cm³/mol. The number of carbonyl (C=O) groups excluding carboxylic acids is 3. The average molecular weight is 431 g/mol. The van der Waals surface area contributed by atoms with E-state index in [0.29, 0.717) is 0 Å². The van der Waals surface area contributed by atoms with Gasteiger partial charge in [-0.05, 0) is 42.5 Å². The van der Waals surface area contributed by atoms with Crippen LogP contribution in [0.2, 0.25) is 0 Å². The largest absolute Gasteiger partial charge is 0.478 e. The van der Waals surface area contributed by atoms with Gasteiger partial charge in [-0.1, -0.05) is 12.1 Å². The molecule has 10 heteroatoms. The minimum Gasteiger partial charge on any atom is -0.478 e. The molecule has 0 unspecified atom stereocenters. The molecule has 1 aliphatic rings. The Morgan fingerprint density at radius 3 is 2.28 bits per heavy atom. The van der Waals surface area contributed by atoms with Crippen molar-refractivity contribution >= 4 is 40.8 Å². The number of nitro groups is 1. The average Bonchev–Trinajstić information content (AvgIpc) is 3.03. The van der Waals surface area contributed by atoms with E-state index < -0.39 is 28.6 Å². The van der Waals surface area contributed by atoms with Crippen LogP contribution in [-0.4, -0.2) is 33.7 Å². The molecule has 0 radical (unpaired) electrons. The summed E-state index contributed by atoms with van der Waals surface area (Å²) in [5, 5.41) is 22.6. The van der Waals surface area contributed by atoms with Gasteiger partial charge in [-0.2, -0.15) is 0 Å². The summed E-state index contributed by atoms with van der Waals surface area (Å²) in [6.45, 7) is 0. The van der Waals surface area contributed by atoms with Crippen LogP contribution < -0.4 is 10.2 Å². The van der Waals surface area contributed by atoms with Crippen molar-refractivity contribution < 1.29 is 29.2 Å². The standard InChI is InChI=1S/C22H13N3O7/c26-19(12-3-1-6-16(9-12)25(31)32)23-14-7-8-17-18(11-14)21(28)24(20(17)27)15-5-2-4-13(10-15)22(29)30/h1-11H,(H,23,26)(H,29,30). The molecule has 1 aliphatic heterocycles. The highest BCUT2D eigenvalue weighted by Crippen LogP contribution is 2.31. The minimum atomic E-state index is -1.20. The van der Waals surface area contributed by atoms with Crippen LogP contribution in [0.5, 0.6) is 0 Å². The Bertz CT molecular complexity index is 1330. The lowest BCUT2D eigenvalue weighted by atomic mass is 10.1. The van der Waals surface area contributed by atoms with E-state index in [4.69, 9.17) is 5.11 Å². The van der Waals surface area contributed by atoms with E-state index in [1.165, 1.54) is 60.7 Å². The summed E-state index contributed by atoms with van der Waals surface area (Å²) in [4.78, 5) is 60.5. The van der Waals surface area contributed by atoms with Gasteiger partial charge in [0, 0.05) is 23.4 Å². The van der Waals surface area contributed by atoms with Crippen LogP contribution in [0.4, 0.5) is 17.1 Å². The second-order valence-corrected chi connectivity index (χ2v) is 6.82. The molecular formula is C22H13N3O7. The Balaban J connectivity index is 1.61. The third kappa shape index (κ3) is 3.56. The van der Waals surface area contributed by atoms with E-state index in [1.54, 1.807) is 0 Å². The Kier molecular flexibility index (Phi) is 4.95. The molecular weight excluding hydrogens is 418 g/mol. The second kappa shape index (κ2) is 7.76. The first-order valence-electron chi connectivity index (χ1n) is 9.18. The zero-order chi connectivity index (χ0) is 23.0. The number of non-ortho nitro benzene ring substituents is 1. The van der Waals surface area contributed by atoms with Gasteiger partial charge in [0.15, 0.2) is 0 Å². The SMILES string of the molecule is O=C(O)c1cccc(N2C(=O)c3ccc(NC(=O)c4cccc([N+](=O)[O-])c4)cc3C2=O)c1. The quantitative estimate of drug-likeness (QED) is 0.358. The van der Waals surface area contributed by atoms with Crippen molar-refractivity contribution in [2.24, 2.45) is 0 Å². The molecule has 3 aromatic rings. The van der Waals surface area contributed by atoms with E-state index in [-0.39, 0.29) is 39.3 Å². The maximum absolute atomic E-state index is 12.9. The molecule has 0 spiro atoms. The molecule has 0 saturated heterocycles. The first kappa shape index (κ1) is 20.4. The number of fused-ring (bicyclic) bond motifs is 1. The summed E-state index contributed by atoms with van der Waals surface area (Å²) in [6, 6.07) is 14.7. The smallest absolute Gasteiger partial charge is 0.335 e. The fourth-order valence-corrected chi connectivity index (χ4v) is 3.30. The van der Waals surface area contributed by atoms with E-state index in [0.717, 1.165) is 11.0 Å². The number of carboxylic acids is 1. The Hall–Kier alpha value is -4.86. The number of hydrogen-bond acceptors (Lipinski definition) is 6. The van der Waals surface area contributed by atoms with Crippen molar-refractivity contribution in [1.82, 2.24) is 0 Å². The van der Waals surface area contributed by atoms with E-state index in [9.17, 15) is 29.3 Å². The lowest BCUT2D eigenvalue weighted by Crippen LogP contribution is -2.29. The van der Waals surface area contributed by atoms with Gasteiger partial charge in [0.05, 0.1) is 27.3 Å². The monoisotopic (exact) mass is 431 g/mol. The Morgan fingerprint density at radius 1 is 0.875 bits per heavy atom. The van der Waals surface area contributed by atoms with E-state index in [2.05, 4.69) is 5.32 Å². The number of nitro benzene ring substituents is 1. The summed E-state index contributed by atoms with van der Waals surface area (Å²) in [5.41, 5.74) is 0.183. The van der Waals surface area contributed by atoms with Crippen molar-refractivity contribution in [3.05, 3.63) is 99.1 Å². The molecule has 2 N–H and O–H groups in total. The number of nitrogens with one attached hydrogen (secondary N) is 1. The molecule has 4 rings (SSSR count).